The van der Waals surface area contributed by atoms with E-state index in [-0.39, 0.29) is 44.0 Å². The van der Waals surface area contributed by atoms with Crippen LogP contribution in [0.2, 0.25) is 0 Å². The smallest absolute Gasteiger partial charge is 0.241 e. The first kappa shape index (κ1) is 29.4. The van der Waals surface area contributed by atoms with E-state index >= 15 is 0 Å². The van der Waals surface area contributed by atoms with Gasteiger partial charge < -0.3 is 10.6 Å². The monoisotopic (exact) mass is 564 g/mol. The second kappa shape index (κ2) is 9.52. The topological polar surface area (TPSA) is 116 Å². The third-order valence-electron chi connectivity index (χ3n) is 7.45. The van der Waals surface area contributed by atoms with Crippen LogP contribution in [0.5, 0.6) is 0 Å². The molecule has 0 saturated carbocycles. The summed E-state index contributed by atoms with van der Waals surface area (Å²) in [5, 5.41) is 7.92. The molecule has 2 aromatic rings. The Labute approximate surface area is 228 Å². The molecule has 0 spiro atoms. The summed E-state index contributed by atoms with van der Waals surface area (Å²) in [6.07, 6.45) is 2.58. The van der Waals surface area contributed by atoms with E-state index in [4.69, 9.17) is 0 Å². The zero-order valence-corrected chi connectivity index (χ0v) is 25.5. The minimum absolute atomic E-state index is 0.0883. The maximum absolute atomic E-state index is 13.7. The molecule has 0 radical (unpaired) electrons. The van der Waals surface area contributed by atoms with Crippen LogP contribution in [0.25, 0.3) is 10.8 Å². The Morgan fingerprint density at radius 1 is 0.579 bits per heavy atom. The van der Waals surface area contributed by atoms with Crippen molar-refractivity contribution in [1.82, 2.24) is 20.1 Å². The molecular weight excluding hydrogens is 520 g/mol. The molecular formula is C28H44N4O4S2. The number of rotatable bonds is 6. The van der Waals surface area contributed by atoms with Gasteiger partial charge >= 0.3 is 0 Å². The summed E-state index contributed by atoms with van der Waals surface area (Å²) in [7, 11) is -7.82. The van der Waals surface area contributed by atoms with Gasteiger partial charge in [-0.3, -0.25) is 0 Å². The Hall–Kier alpha value is -1.56. The second-order valence-corrected chi connectivity index (χ2v) is 17.2. The lowest BCUT2D eigenvalue weighted by atomic mass is 9.80. The van der Waals surface area contributed by atoms with Crippen LogP contribution in [-0.4, -0.2) is 51.1 Å². The van der Waals surface area contributed by atoms with E-state index in [1.54, 1.807) is 36.4 Å². The van der Waals surface area contributed by atoms with Crippen LogP contribution in [0.1, 0.15) is 81.1 Å². The van der Waals surface area contributed by atoms with Gasteiger partial charge in [-0.1, -0.05) is 24.3 Å². The van der Waals surface area contributed by atoms with Crippen molar-refractivity contribution in [3.63, 3.8) is 0 Å². The average Bonchev–Trinajstić information content (AvgIpc) is 2.67. The summed E-state index contributed by atoms with van der Waals surface area (Å²) < 4.78 is 60.4. The summed E-state index contributed by atoms with van der Waals surface area (Å²) >= 11 is 0. The summed E-state index contributed by atoms with van der Waals surface area (Å²) in [5.41, 5.74) is -0.895. The Balaban J connectivity index is 1.67. The van der Waals surface area contributed by atoms with Crippen molar-refractivity contribution < 1.29 is 16.8 Å². The molecule has 2 aliphatic heterocycles. The van der Waals surface area contributed by atoms with Gasteiger partial charge in [-0.15, -0.1) is 0 Å². The second-order valence-electron chi connectivity index (χ2n) is 13.8. The van der Waals surface area contributed by atoms with Gasteiger partial charge in [0.15, 0.2) is 0 Å². The average molecular weight is 565 g/mol. The van der Waals surface area contributed by atoms with Crippen molar-refractivity contribution in [3.8, 4) is 0 Å². The number of hydrogen-bond acceptors (Lipinski definition) is 6. The Morgan fingerprint density at radius 2 is 0.868 bits per heavy atom. The molecule has 212 valence electrons. The SMILES string of the molecule is CC1(C)CC(NS(=O)(=O)c2cccc3c(S(=O)(=O)NC4CC(C)(C)NC(C)(C)C4)cccc23)CC(C)(C)N1. The zero-order valence-electron chi connectivity index (χ0n) is 23.9. The van der Waals surface area contributed by atoms with Crippen molar-refractivity contribution >= 4 is 30.8 Å². The molecule has 0 aromatic heterocycles. The van der Waals surface area contributed by atoms with Gasteiger partial charge in [0.2, 0.25) is 20.0 Å². The van der Waals surface area contributed by atoms with Crippen LogP contribution >= 0.6 is 0 Å². The first-order valence-corrected chi connectivity index (χ1v) is 16.3. The maximum atomic E-state index is 13.7. The molecule has 8 nitrogen and oxygen atoms in total. The highest BCUT2D eigenvalue weighted by Crippen LogP contribution is 2.33. The molecule has 0 atom stereocenters. The van der Waals surface area contributed by atoms with Gasteiger partial charge in [0, 0.05) is 45.0 Å². The number of fused-ring (bicyclic) bond motifs is 1. The Bertz CT molecular complexity index is 1290. The number of nitrogens with one attached hydrogen (secondary N) is 4. The van der Waals surface area contributed by atoms with Crippen molar-refractivity contribution in [2.24, 2.45) is 0 Å². The summed E-state index contributed by atoms with van der Waals surface area (Å²) in [5.74, 6) is 0. The molecule has 10 heteroatoms. The standard InChI is InChI=1S/C28H44N4O4S2/c1-25(2)15-19(16-26(3,4)31-25)29-37(33,34)23-13-9-12-22-21(23)11-10-14-24(22)38(35,36)30-20-17-27(5,6)32-28(7,8)18-20/h9-14,19-20,29-32H,15-18H2,1-8H3. The molecule has 2 heterocycles. The van der Waals surface area contributed by atoms with Crippen molar-refractivity contribution in [2.45, 2.75) is 125 Å². The maximum Gasteiger partial charge on any atom is 0.241 e. The number of piperidine rings is 2. The quantitative estimate of drug-likeness (QED) is 0.421. The normalized spacial score (nSPS) is 23.9. The van der Waals surface area contributed by atoms with E-state index in [1.807, 2.05) is 0 Å². The molecule has 0 amide bonds. The highest BCUT2D eigenvalue weighted by atomic mass is 32.2. The minimum Gasteiger partial charge on any atom is -0.307 e. The summed E-state index contributed by atoms with van der Waals surface area (Å²) in [6.45, 7) is 16.6. The van der Waals surface area contributed by atoms with Crippen molar-refractivity contribution in [2.75, 3.05) is 0 Å². The predicted molar refractivity (Wildman–Crippen MR) is 153 cm³/mol. The van der Waals surface area contributed by atoms with Crippen molar-refractivity contribution in [1.29, 1.82) is 0 Å². The molecule has 4 rings (SSSR count). The van der Waals surface area contributed by atoms with Crippen LogP contribution < -0.4 is 20.1 Å². The van der Waals surface area contributed by atoms with Crippen LogP contribution in [0.3, 0.4) is 0 Å². The van der Waals surface area contributed by atoms with E-state index in [9.17, 15) is 16.8 Å². The molecule has 0 aliphatic carbocycles. The van der Waals surface area contributed by atoms with E-state index in [1.165, 1.54) is 0 Å². The molecule has 2 aromatic carbocycles. The summed E-state index contributed by atoms with van der Waals surface area (Å²) in [4.78, 5) is 0.177. The Morgan fingerprint density at radius 3 is 1.16 bits per heavy atom. The van der Waals surface area contributed by atoms with Gasteiger partial charge in [-0.05, 0) is 93.2 Å². The fraction of sp³-hybridized carbons (Fsp3) is 0.643. The lowest BCUT2D eigenvalue weighted by molar-refractivity contribution is 0.156. The highest BCUT2D eigenvalue weighted by molar-refractivity contribution is 7.90. The van der Waals surface area contributed by atoms with E-state index in [0.29, 0.717) is 36.5 Å². The van der Waals surface area contributed by atoms with Crippen LogP contribution in [-0.2, 0) is 20.0 Å². The van der Waals surface area contributed by atoms with Gasteiger partial charge in [0.25, 0.3) is 0 Å². The van der Waals surface area contributed by atoms with Gasteiger partial charge in [0.1, 0.15) is 0 Å². The third kappa shape index (κ3) is 6.59. The van der Waals surface area contributed by atoms with E-state index in [2.05, 4.69) is 75.5 Å². The Kier molecular flexibility index (Phi) is 7.37. The van der Waals surface area contributed by atoms with Crippen LogP contribution in [0.15, 0.2) is 46.2 Å². The molecule has 2 saturated heterocycles. The number of hydrogen-bond donors (Lipinski definition) is 4. The van der Waals surface area contributed by atoms with E-state index in [0.717, 1.165) is 0 Å². The highest BCUT2D eigenvalue weighted by Gasteiger charge is 2.41. The summed E-state index contributed by atoms with van der Waals surface area (Å²) in [6, 6.07) is 9.18. The molecule has 4 N–H and O–H groups in total. The third-order valence-corrected chi connectivity index (χ3v) is 10.6. The first-order valence-electron chi connectivity index (χ1n) is 13.3. The minimum atomic E-state index is -3.91. The predicted octanol–water partition coefficient (Wildman–Crippen LogP) is 4.01. The van der Waals surface area contributed by atoms with Gasteiger partial charge in [-0.2, -0.15) is 0 Å². The lowest BCUT2D eigenvalue weighted by Crippen LogP contribution is -2.62. The van der Waals surface area contributed by atoms with Crippen LogP contribution in [0, 0.1) is 0 Å². The number of sulfonamides is 2. The zero-order chi connectivity index (χ0) is 28.4. The fourth-order valence-corrected chi connectivity index (χ4v) is 10.0. The van der Waals surface area contributed by atoms with Crippen molar-refractivity contribution in [3.05, 3.63) is 36.4 Å². The number of benzene rings is 2. The first-order chi connectivity index (χ1) is 17.2. The fourth-order valence-electron chi connectivity index (χ4n) is 7.10. The van der Waals surface area contributed by atoms with Crippen LogP contribution in [0.4, 0.5) is 0 Å². The molecule has 2 fully saturated rings. The largest absolute Gasteiger partial charge is 0.307 e. The van der Waals surface area contributed by atoms with Gasteiger partial charge in [-0.25, -0.2) is 26.3 Å². The van der Waals surface area contributed by atoms with E-state index < -0.39 is 20.0 Å². The van der Waals surface area contributed by atoms with Gasteiger partial charge in [0.05, 0.1) is 9.79 Å². The molecule has 0 unspecified atom stereocenters. The molecule has 2 aliphatic rings. The lowest BCUT2D eigenvalue weighted by Gasteiger charge is -2.46. The molecule has 0 bridgehead atoms. The molecule has 38 heavy (non-hydrogen) atoms.